The topological polar surface area (TPSA) is 186 Å². The zero-order valence-electron chi connectivity index (χ0n) is 21.5. The number of benzene rings is 3. The number of fused-ring (bicyclic) bond motifs is 1. The van der Waals surface area contributed by atoms with E-state index in [1.54, 1.807) is 24.3 Å². The second-order valence-corrected chi connectivity index (χ2v) is 8.85. The van der Waals surface area contributed by atoms with Crippen molar-refractivity contribution in [2.24, 2.45) is 5.73 Å². The van der Waals surface area contributed by atoms with Crippen molar-refractivity contribution in [1.29, 1.82) is 0 Å². The molecular formula is C26H24N6O8. The first-order valence-electron chi connectivity index (χ1n) is 11.8. The van der Waals surface area contributed by atoms with Crippen LogP contribution < -0.4 is 16.2 Å². The molecule has 4 aromatic rings. The molecule has 0 radical (unpaired) electrons. The molecule has 14 nitrogen and oxygen atoms in total. The van der Waals surface area contributed by atoms with Gasteiger partial charge in [-0.05, 0) is 17.7 Å². The number of hydrogen-bond acceptors (Lipinski definition) is 8. The number of carbonyl (C=O) groups excluding carboxylic acids is 2. The molecule has 0 aliphatic carbocycles. The quantitative estimate of drug-likeness (QED) is 0.244. The zero-order valence-corrected chi connectivity index (χ0v) is 21.5. The second-order valence-electron chi connectivity index (χ2n) is 8.85. The minimum absolute atomic E-state index is 0.0647. The molecule has 0 spiro atoms. The van der Waals surface area contributed by atoms with Gasteiger partial charge in [-0.2, -0.15) is 0 Å². The van der Waals surface area contributed by atoms with Crippen LogP contribution in [0.3, 0.4) is 0 Å². The number of nitro groups is 2. The Hall–Kier alpha value is -5.53. The lowest BCUT2D eigenvalue weighted by Crippen LogP contribution is -2.38. The van der Waals surface area contributed by atoms with Crippen molar-refractivity contribution in [2.75, 3.05) is 14.2 Å². The van der Waals surface area contributed by atoms with Crippen LogP contribution in [0.2, 0.25) is 0 Å². The Balaban J connectivity index is 2.02. The van der Waals surface area contributed by atoms with E-state index in [9.17, 15) is 34.6 Å². The van der Waals surface area contributed by atoms with Gasteiger partial charge in [0, 0.05) is 30.8 Å². The molecule has 0 unspecified atom stereocenters. The third-order valence-electron chi connectivity index (χ3n) is 6.48. The number of hydrogen-bond donors (Lipinski definition) is 1. The average Bonchev–Trinajstić information content (AvgIpc) is 3.19. The van der Waals surface area contributed by atoms with E-state index < -0.39 is 39.6 Å². The third kappa shape index (κ3) is 5.22. The third-order valence-corrected chi connectivity index (χ3v) is 6.48. The maximum atomic E-state index is 13.9. The van der Waals surface area contributed by atoms with Gasteiger partial charge in [0.05, 0.1) is 53.1 Å². The number of amides is 3. The van der Waals surface area contributed by atoms with Crippen LogP contribution in [0.25, 0.3) is 11.0 Å². The highest BCUT2D eigenvalue weighted by atomic mass is 16.6. The number of ether oxygens (including phenoxy) is 1. The lowest BCUT2D eigenvalue weighted by molar-refractivity contribution is -0.385. The first-order chi connectivity index (χ1) is 19.0. The number of aromatic nitrogens is 2. The molecule has 0 fully saturated rings. The molecule has 14 heteroatoms. The summed E-state index contributed by atoms with van der Waals surface area (Å²) in [6.07, 6.45) is -0.617. The Morgan fingerprint density at radius 2 is 1.68 bits per heavy atom. The van der Waals surface area contributed by atoms with Crippen molar-refractivity contribution < 1.29 is 24.2 Å². The fourth-order valence-electron chi connectivity index (χ4n) is 4.45. The van der Waals surface area contributed by atoms with Crippen LogP contribution in [0.1, 0.15) is 16.7 Å². The monoisotopic (exact) mass is 548 g/mol. The van der Waals surface area contributed by atoms with Crippen molar-refractivity contribution in [3.05, 3.63) is 108 Å². The maximum absolute atomic E-state index is 13.9. The molecule has 40 heavy (non-hydrogen) atoms. The minimum atomic E-state index is -1.06. The molecule has 0 aliphatic rings. The maximum Gasteiger partial charge on any atom is 0.329 e. The Labute approximate surface area is 226 Å². The Bertz CT molecular complexity index is 1710. The molecule has 0 saturated carbocycles. The van der Waals surface area contributed by atoms with Gasteiger partial charge in [-0.25, -0.2) is 9.59 Å². The lowest BCUT2D eigenvalue weighted by Gasteiger charge is -2.14. The summed E-state index contributed by atoms with van der Waals surface area (Å²) in [6, 6.07) is 14.4. The van der Waals surface area contributed by atoms with Crippen molar-refractivity contribution in [3.8, 4) is 5.75 Å². The average molecular weight is 549 g/mol. The van der Waals surface area contributed by atoms with E-state index in [1.165, 1.54) is 46.6 Å². The number of primary amides is 1. The second kappa shape index (κ2) is 11.1. The summed E-state index contributed by atoms with van der Waals surface area (Å²) in [5, 5.41) is 23.5. The highest BCUT2D eigenvalue weighted by Crippen LogP contribution is 2.31. The van der Waals surface area contributed by atoms with Crippen molar-refractivity contribution in [3.63, 3.8) is 0 Å². The number of nitrogens with zero attached hydrogens (tertiary/aromatic N) is 5. The van der Waals surface area contributed by atoms with Crippen LogP contribution in [0, 0.1) is 20.2 Å². The van der Waals surface area contributed by atoms with Crippen molar-refractivity contribution in [1.82, 2.24) is 14.0 Å². The van der Waals surface area contributed by atoms with Crippen LogP contribution >= 0.6 is 0 Å². The molecule has 3 amide bonds. The molecule has 2 N–H and O–H groups in total. The van der Waals surface area contributed by atoms with Gasteiger partial charge in [0.1, 0.15) is 5.75 Å². The van der Waals surface area contributed by atoms with Crippen LogP contribution in [-0.2, 0) is 24.3 Å². The predicted molar refractivity (Wildman–Crippen MR) is 143 cm³/mol. The van der Waals surface area contributed by atoms with Gasteiger partial charge in [0.15, 0.2) is 0 Å². The molecule has 1 aromatic heterocycles. The van der Waals surface area contributed by atoms with E-state index in [4.69, 9.17) is 10.5 Å². The number of likely N-dealkylation sites (N-methyl/N-ethyl adjacent to an activating group) is 1. The predicted octanol–water partition coefficient (Wildman–Crippen LogP) is 2.80. The summed E-state index contributed by atoms with van der Waals surface area (Å²) in [5.74, 6) is -0.580. The summed E-state index contributed by atoms with van der Waals surface area (Å²) < 4.78 is 7.96. The van der Waals surface area contributed by atoms with Gasteiger partial charge in [-0.1, -0.05) is 30.3 Å². The van der Waals surface area contributed by atoms with Gasteiger partial charge < -0.3 is 10.5 Å². The number of imidazole rings is 1. The largest absolute Gasteiger partial charge is 0.496 e. The first kappa shape index (κ1) is 27.5. The standard InChI is InChI=1S/C26H24N6O8/c1-28(25(27)34)23(33)13-19-20(32(38)39)9-10-21-24(19)30(26(35)29(21)14-16-6-4-3-5-7-16)15-17-12-18(31(36)37)8-11-22(17)40-2/h3-12H,13-15H2,1-2H3,(H2,27,34). The zero-order chi connectivity index (χ0) is 29.1. The summed E-state index contributed by atoms with van der Waals surface area (Å²) in [4.78, 5) is 61.1. The SMILES string of the molecule is COc1ccc([N+](=O)[O-])cc1Cn1c(=O)n(Cc2ccccc2)c2ccc([N+](=O)[O-])c(CC(=O)N(C)C(N)=O)c21. The van der Waals surface area contributed by atoms with E-state index in [0.29, 0.717) is 4.90 Å². The number of carbonyl (C=O) groups is 2. The number of methoxy groups -OCH3 is 1. The first-order valence-corrected chi connectivity index (χ1v) is 11.8. The minimum Gasteiger partial charge on any atom is -0.496 e. The van der Waals surface area contributed by atoms with Gasteiger partial charge >= 0.3 is 11.7 Å². The van der Waals surface area contributed by atoms with E-state index in [0.717, 1.165) is 12.6 Å². The molecular weight excluding hydrogens is 524 g/mol. The van der Waals surface area contributed by atoms with Gasteiger partial charge in [0.2, 0.25) is 5.91 Å². The van der Waals surface area contributed by atoms with Crippen LogP contribution in [-0.4, -0.2) is 50.0 Å². The van der Waals surface area contributed by atoms with Crippen LogP contribution in [0.5, 0.6) is 5.75 Å². The molecule has 0 atom stereocenters. The number of non-ortho nitro benzene ring substituents is 1. The molecule has 0 aliphatic heterocycles. The van der Waals surface area contributed by atoms with Gasteiger partial charge in [-0.3, -0.25) is 39.1 Å². The fourth-order valence-corrected chi connectivity index (χ4v) is 4.45. The summed E-state index contributed by atoms with van der Waals surface area (Å²) in [7, 11) is 2.50. The summed E-state index contributed by atoms with van der Waals surface area (Å²) in [6.45, 7) is -0.169. The van der Waals surface area contributed by atoms with Crippen LogP contribution in [0.15, 0.2) is 65.5 Å². The van der Waals surface area contributed by atoms with Crippen molar-refractivity contribution >= 4 is 34.3 Å². The number of rotatable bonds is 9. The van der Waals surface area contributed by atoms with E-state index in [1.807, 2.05) is 6.07 Å². The van der Waals surface area contributed by atoms with Gasteiger partial charge in [0.25, 0.3) is 11.4 Å². The molecule has 0 saturated heterocycles. The van der Waals surface area contributed by atoms with Crippen LogP contribution in [0.4, 0.5) is 16.2 Å². The number of nitrogens with two attached hydrogens (primary N) is 1. The molecule has 1 heterocycles. The van der Waals surface area contributed by atoms with Gasteiger partial charge in [-0.15, -0.1) is 0 Å². The Morgan fingerprint density at radius 3 is 2.27 bits per heavy atom. The number of nitro benzene ring substituents is 2. The number of imide groups is 1. The van der Waals surface area contributed by atoms with E-state index in [2.05, 4.69) is 0 Å². The smallest absolute Gasteiger partial charge is 0.329 e. The highest BCUT2D eigenvalue weighted by Gasteiger charge is 2.28. The van der Waals surface area contributed by atoms with Crippen molar-refractivity contribution in [2.45, 2.75) is 19.5 Å². The van der Waals surface area contributed by atoms with E-state index in [-0.39, 0.29) is 46.7 Å². The summed E-state index contributed by atoms with van der Waals surface area (Å²) in [5.41, 5.74) is 5.20. The Morgan fingerprint density at radius 1 is 0.975 bits per heavy atom. The van der Waals surface area contributed by atoms with E-state index >= 15 is 0 Å². The molecule has 206 valence electrons. The lowest BCUT2D eigenvalue weighted by atomic mass is 10.1. The number of urea groups is 1. The molecule has 0 bridgehead atoms. The summed E-state index contributed by atoms with van der Waals surface area (Å²) >= 11 is 0. The highest BCUT2D eigenvalue weighted by molar-refractivity contribution is 5.97. The fraction of sp³-hybridized carbons (Fsp3) is 0.192. The molecule has 3 aromatic carbocycles. The Kier molecular flexibility index (Phi) is 7.61. The molecule has 4 rings (SSSR count). The normalized spacial score (nSPS) is 10.8.